The van der Waals surface area contributed by atoms with Gasteiger partial charge >= 0.3 is 6.61 Å². The summed E-state index contributed by atoms with van der Waals surface area (Å²) in [5.74, 6) is -2.14. The van der Waals surface area contributed by atoms with Crippen molar-refractivity contribution in [2.24, 2.45) is 11.8 Å². The van der Waals surface area contributed by atoms with E-state index < -0.39 is 54.7 Å². The third-order valence-corrected chi connectivity index (χ3v) is 6.29. The Bertz CT molecular complexity index is 818. The highest BCUT2D eigenvalue weighted by Gasteiger charge is 2.50. The average Bonchev–Trinajstić information content (AvgIpc) is 3.58. The van der Waals surface area contributed by atoms with Gasteiger partial charge < -0.3 is 30.2 Å². The van der Waals surface area contributed by atoms with Crippen LogP contribution in [0.2, 0.25) is 0 Å². The number of hydrogen-bond acceptors (Lipinski definition) is 8. The molecule has 2 rings (SSSR count). The van der Waals surface area contributed by atoms with Crippen LogP contribution in [0.25, 0.3) is 0 Å². The molecule has 0 unspecified atom stereocenters. The van der Waals surface area contributed by atoms with Gasteiger partial charge in [-0.25, -0.2) is 0 Å². The van der Waals surface area contributed by atoms with Crippen molar-refractivity contribution in [2.45, 2.75) is 77.8 Å². The predicted molar refractivity (Wildman–Crippen MR) is 133 cm³/mol. The molecular formula is C25H42F2N4O7. The highest BCUT2D eigenvalue weighted by Crippen LogP contribution is 2.29. The molecule has 3 N–H and O–H groups in total. The maximum absolute atomic E-state index is 13.3. The topological polar surface area (TPSA) is 139 Å². The average molecular weight is 549 g/mol. The Morgan fingerprint density at radius 1 is 0.895 bits per heavy atom. The quantitative estimate of drug-likeness (QED) is 0.237. The van der Waals surface area contributed by atoms with Crippen LogP contribution in [0.3, 0.4) is 0 Å². The standard InChI is InChI=1S/C25H42F2N4O7/c1-15(2)10-17(21(33)25(5)14-38-25)29-22(34)18(11-16(3)4)30-23(35)19(13-37-24(26)27)28-20(32)12-31-6-8-36-9-7-31/h15-19,24H,6-14H2,1-5H3,(H,28,32)(H,29,34)(H,30,35)/t17-,18-,19-,25-/m0/s1. The van der Waals surface area contributed by atoms with Crippen LogP contribution in [-0.4, -0.2) is 105 Å². The summed E-state index contributed by atoms with van der Waals surface area (Å²) >= 11 is 0. The fourth-order valence-corrected chi connectivity index (χ4v) is 4.12. The zero-order valence-electron chi connectivity index (χ0n) is 22.9. The normalized spacial score (nSPS) is 22.2. The van der Waals surface area contributed by atoms with Gasteiger partial charge in [-0.1, -0.05) is 27.7 Å². The van der Waals surface area contributed by atoms with E-state index in [1.54, 1.807) is 6.92 Å². The molecule has 2 aliphatic heterocycles. The molecule has 0 radical (unpaired) electrons. The Morgan fingerprint density at radius 2 is 1.42 bits per heavy atom. The van der Waals surface area contributed by atoms with Gasteiger partial charge in [0.25, 0.3) is 0 Å². The maximum Gasteiger partial charge on any atom is 0.345 e. The fourth-order valence-electron chi connectivity index (χ4n) is 4.12. The zero-order chi connectivity index (χ0) is 28.5. The number of epoxide rings is 1. The Hall–Kier alpha value is -2.22. The molecule has 2 aliphatic rings. The van der Waals surface area contributed by atoms with Gasteiger partial charge in [-0.2, -0.15) is 8.78 Å². The Labute approximate surface area is 222 Å². The number of Topliss-reactive ketones (excluding diaryl/α,β-unsaturated/α-hetero) is 1. The molecule has 218 valence electrons. The first kappa shape index (κ1) is 32.0. The molecule has 2 saturated heterocycles. The number of rotatable bonds is 16. The molecule has 38 heavy (non-hydrogen) atoms. The summed E-state index contributed by atoms with van der Waals surface area (Å²) in [6, 6.07) is -3.33. The van der Waals surface area contributed by atoms with E-state index >= 15 is 0 Å². The molecule has 0 aromatic rings. The number of alkyl halides is 2. The van der Waals surface area contributed by atoms with Crippen molar-refractivity contribution >= 4 is 23.5 Å². The number of morpholine rings is 1. The lowest BCUT2D eigenvalue weighted by Crippen LogP contribution is -2.58. The van der Waals surface area contributed by atoms with Crippen molar-refractivity contribution < 1.29 is 42.2 Å². The Morgan fingerprint density at radius 3 is 1.95 bits per heavy atom. The smallest absolute Gasteiger partial charge is 0.345 e. The van der Waals surface area contributed by atoms with Crippen molar-refractivity contribution in [1.29, 1.82) is 0 Å². The molecule has 2 fully saturated rings. The maximum atomic E-state index is 13.3. The number of hydrogen-bond donors (Lipinski definition) is 3. The highest BCUT2D eigenvalue weighted by molar-refractivity contribution is 5.98. The van der Waals surface area contributed by atoms with Crippen molar-refractivity contribution in [3.8, 4) is 0 Å². The zero-order valence-corrected chi connectivity index (χ0v) is 22.9. The van der Waals surface area contributed by atoms with Gasteiger partial charge in [0.05, 0.1) is 39.0 Å². The van der Waals surface area contributed by atoms with E-state index in [1.807, 2.05) is 32.6 Å². The number of ether oxygens (including phenoxy) is 3. The van der Waals surface area contributed by atoms with Gasteiger partial charge in [0.15, 0.2) is 5.78 Å². The van der Waals surface area contributed by atoms with E-state index in [1.165, 1.54) is 0 Å². The Kier molecular flexibility index (Phi) is 12.5. The van der Waals surface area contributed by atoms with Crippen LogP contribution >= 0.6 is 0 Å². The predicted octanol–water partition coefficient (Wildman–Crippen LogP) is 0.462. The molecule has 0 aromatic heterocycles. The molecule has 11 nitrogen and oxygen atoms in total. The summed E-state index contributed by atoms with van der Waals surface area (Å²) in [4.78, 5) is 53.6. The van der Waals surface area contributed by atoms with Crippen LogP contribution in [0.15, 0.2) is 0 Å². The summed E-state index contributed by atoms with van der Waals surface area (Å²) in [5.41, 5.74) is -0.938. The van der Waals surface area contributed by atoms with Gasteiger partial charge in [-0.05, 0) is 31.6 Å². The second-order valence-corrected chi connectivity index (χ2v) is 10.9. The second-order valence-electron chi connectivity index (χ2n) is 10.9. The third-order valence-electron chi connectivity index (χ3n) is 6.29. The van der Waals surface area contributed by atoms with Gasteiger partial charge in [-0.3, -0.25) is 24.1 Å². The molecule has 0 saturated carbocycles. The molecule has 4 atom stereocenters. The van der Waals surface area contributed by atoms with Crippen molar-refractivity contribution in [2.75, 3.05) is 46.1 Å². The highest BCUT2D eigenvalue weighted by atomic mass is 19.3. The number of carbonyl (C=O) groups is 4. The monoisotopic (exact) mass is 548 g/mol. The first-order valence-corrected chi connectivity index (χ1v) is 13.1. The molecule has 3 amide bonds. The number of nitrogens with one attached hydrogen (secondary N) is 3. The van der Waals surface area contributed by atoms with E-state index in [-0.39, 0.29) is 37.2 Å². The van der Waals surface area contributed by atoms with Crippen LogP contribution in [0.4, 0.5) is 8.78 Å². The summed E-state index contributed by atoms with van der Waals surface area (Å²) in [5, 5.41) is 7.75. The van der Waals surface area contributed by atoms with Crippen LogP contribution in [0.5, 0.6) is 0 Å². The number of carbonyl (C=O) groups excluding carboxylic acids is 4. The molecule has 0 aromatic carbocycles. The first-order chi connectivity index (χ1) is 17.8. The van der Waals surface area contributed by atoms with E-state index in [0.717, 1.165) is 0 Å². The molecular weight excluding hydrogens is 506 g/mol. The number of halogens is 2. The lowest BCUT2D eigenvalue weighted by atomic mass is 9.92. The first-order valence-electron chi connectivity index (χ1n) is 13.1. The van der Waals surface area contributed by atoms with Crippen molar-refractivity contribution in [1.82, 2.24) is 20.9 Å². The van der Waals surface area contributed by atoms with Crippen molar-refractivity contribution in [3.05, 3.63) is 0 Å². The summed E-state index contributed by atoms with van der Waals surface area (Å²) in [7, 11) is 0. The largest absolute Gasteiger partial charge is 0.379 e. The Balaban J connectivity index is 2.10. The molecule has 0 spiro atoms. The van der Waals surface area contributed by atoms with Gasteiger partial charge in [0, 0.05) is 13.1 Å². The minimum absolute atomic E-state index is 0.0266. The van der Waals surface area contributed by atoms with Gasteiger partial charge in [0.1, 0.15) is 17.7 Å². The summed E-state index contributed by atoms with van der Waals surface area (Å²) in [6.07, 6.45) is 0.604. The molecule has 0 bridgehead atoms. The number of amides is 3. The summed E-state index contributed by atoms with van der Waals surface area (Å²) < 4.78 is 40.3. The molecule has 13 heteroatoms. The van der Waals surface area contributed by atoms with Crippen LogP contribution in [-0.2, 0) is 33.4 Å². The van der Waals surface area contributed by atoms with Gasteiger partial charge in [0.2, 0.25) is 17.7 Å². The summed E-state index contributed by atoms with van der Waals surface area (Å²) in [6.45, 7) is 7.48. The van der Waals surface area contributed by atoms with Crippen LogP contribution in [0, 0.1) is 11.8 Å². The second kappa shape index (κ2) is 14.8. The number of nitrogens with zero attached hydrogens (tertiary/aromatic N) is 1. The number of ketones is 1. The van der Waals surface area contributed by atoms with E-state index in [2.05, 4.69) is 20.7 Å². The molecule has 2 heterocycles. The van der Waals surface area contributed by atoms with E-state index in [9.17, 15) is 28.0 Å². The van der Waals surface area contributed by atoms with Crippen LogP contribution < -0.4 is 16.0 Å². The lowest BCUT2D eigenvalue weighted by molar-refractivity contribution is -0.148. The SMILES string of the molecule is CC(C)C[C@H](NC(=O)[C@H](COC(F)F)NC(=O)CN1CCOCC1)C(=O)N[C@@H](CC(C)C)C(=O)[C@]1(C)CO1. The minimum atomic E-state index is -3.15. The minimum Gasteiger partial charge on any atom is -0.379 e. The fraction of sp³-hybridized carbons (Fsp3) is 0.840. The van der Waals surface area contributed by atoms with E-state index in [4.69, 9.17) is 9.47 Å². The van der Waals surface area contributed by atoms with E-state index in [0.29, 0.717) is 32.7 Å². The lowest BCUT2D eigenvalue weighted by Gasteiger charge is -2.28. The molecule has 0 aliphatic carbocycles. The third kappa shape index (κ3) is 10.9. The van der Waals surface area contributed by atoms with Crippen LogP contribution in [0.1, 0.15) is 47.5 Å². The van der Waals surface area contributed by atoms with Gasteiger partial charge in [-0.15, -0.1) is 0 Å². The van der Waals surface area contributed by atoms with Crippen molar-refractivity contribution in [3.63, 3.8) is 0 Å².